The second-order valence-corrected chi connectivity index (χ2v) is 7.31. The summed E-state index contributed by atoms with van der Waals surface area (Å²) < 4.78 is 15.2. The number of rotatable bonds is 9. The van der Waals surface area contributed by atoms with E-state index in [1.165, 1.54) is 0 Å². The molecule has 7 nitrogen and oxygen atoms in total. The highest BCUT2D eigenvalue weighted by Crippen LogP contribution is 2.13. The SMILES string of the molecule is CCOC(=O)CC(CCc1ccc(C(=O)OCC)cc1)NC(=O)OC(C)(C)C. The van der Waals surface area contributed by atoms with Gasteiger partial charge in [-0.2, -0.15) is 0 Å². The van der Waals surface area contributed by atoms with E-state index in [4.69, 9.17) is 14.2 Å². The molecule has 0 heterocycles. The number of amides is 1. The summed E-state index contributed by atoms with van der Waals surface area (Å²) in [7, 11) is 0. The number of ether oxygens (including phenoxy) is 3. The minimum atomic E-state index is -0.624. The lowest BCUT2D eigenvalue weighted by atomic mass is 10.0. The van der Waals surface area contributed by atoms with E-state index in [-0.39, 0.29) is 25.0 Å². The van der Waals surface area contributed by atoms with Gasteiger partial charge in [0.2, 0.25) is 0 Å². The number of carbonyl (C=O) groups excluding carboxylic acids is 3. The minimum Gasteiger partial charge on any atom is -0.466 e. The van der Waals surface area contributed by atoms with Gasteiger partial charge >= 0.3 is 18.0 Å². The van der Waals surface area contributed by atoms with E-state index in [1.807, 2.05) is 12.1 Å². The van der Waals surface area contributed by atoms with Crippen LogP contribution >= 0.6 is 0 Å². The highest BCUT2D eigenvalue weighted by molar-refractivity contribution is 5.89. The summed E-state index contributed by atoms with van der Waals surface area (Å²) in [5.74, 6) is -0.734. The summed E-state index contributed by atoms with van der Waals surface area (Å²) in [5.41, 5.74) is 0.843. The maximum absolute atomic E-state index is 12.1. The van der Waals surface area contributed by atoms with Crippen molar-refractivity contribution in [1.82, 2.24) is 5.32 Å². The smallest absolute Gasteiger partial charge is 0.407 e. The van der Waals surface area contributed by atoms with E-state index in [1.54, 1.807) is 46.8 Å². The van der Waals surface area contributed by atoms with Crippen molar-refractivity contribution in [2.24, 2.45) is 0 Å². The summed E-state index contributed by atoms with van der Waals surface area (Å²) in [4.78, 5) is 35.6. The fraction of sp³-hybridized carbons (Fsp3) is 0.571. The van der Waals surface area contributed by atoms with Crippen LogP contribution in [0, 0.1) is 0 Å². The highest BCUT2D eigenvalue weighted by atomic mass is 16.6. The molecule has 1 rings (SSSR count). The maximum Gasteiger partial charge on any atom is 0.407 e. The van der Waals surface area contributed by atoms with E-state index in [2.05, 4.69) is 5.32 Å². The van der Waals surface area contributed by atoms with E-state index in [9.17, 15) is 14.4 Å². The minimum absolute atomic E-state index is 0.0635. The molecule has 1 atom stereocenters. The first kappa shape index (κ1) is 23.5. The van der Waals surface area contributed by atoms with Crippen LogP contribution in [-0.4, -0.2) is 42.9 Å². The Kier molecular flexibility index (Phi) is 9.48. The Morgan fingerprint density at radius 3 is 2.14 bits per heavy atom. The number of hydrogen-bond donors (Lipinski definition) is 1. The predicted octanol–water partition coefficient (Wildman–Crippen LogP) is 3.64. The van der Waals surface area contributed by atoms with Crippen LogP contribution in [0.2, 0.25) is 0 Å². The fourth-order valence-corrected chi connectivity index (χ4v) is 2.48. The third-order valence-electron chi connectivity index (χ3n) is 3.69. The lowest BCUT2D eigenvalue weighted by Gasteiger charge is -2.23. The van der Waals surface area contributed by atoms with Gasteiger partial charge in [-0.1, -0.05) is 12.1 Å². The molecule has 1 amide bonds. The van der Waals surface area contributed by atoms with E-state index in [0.29, 0.717) is 25.0 Å². The molecule has 156 valence electrons. The summed E-state index contributed by atoms with van der Waals surface area (Å²) in [6, 6.07) is 6.66. The molecule has 1 aromatic carbocycles. The van der Waals surface area contributed by atoms with Crippen molar-refractivity contribution in [3.05, 3.63) is 35.4 Å². The standard InChI is InChI=1S/C21H31NO6/c1-6-26-18(23)14-17(22-20(25)28-21(3,4)5)13-10-15-8-11-16(12-9-15)19(24)27-7-2/h8-9,11-12,17H,6-7,10,13-14H2,1-5H3,(H,22,25). The number of carbonyl (C=O) groups is 3. The Hall–Kier alpha value is -2.57. The van der Waals surface area contributed by atoms with Gasteiger partial charge in [-0.15, -0.1) is 0 Å². The molecule has 0 aliphatic heterocycles. The van der Waals surface area contributed by atoms with Crippen LogP contribution < -0.4 is 5.32 Å². The molecule has 0 aliphatic carbocycles. The van der Waals surface area contributed by atoms with Crippen LogP contribution in [0.1, 0.15) is 63.4 Å². The summed E-state index contributed by atoms with van der Waals surface area (Å²) in [5, 5.41) is 2.74. The van der Waals surface area contributed by atoms with E-state index >= 15 is 0 Å². The largest absolute Gasteiger partial charge is 0.466 e. The quantitative estimate of drug-likeness (QED) is 0.509. The van der Waals surface area contributed by atoms with Gasteiger partial charge < -0.3 is 19.5 Å². The first-order valence-corrected chi connectivity index (χ1v) is 9.55. The fourth-order valence-electron chi connectivity index (χ4n) is 2.48. The van der Waals surface area contributed by atoms with E-state index < -0.39 is 17.7 Å². The maximum atomic E-state index is 12.1. The van der Waals surface area contributed by atoms with Gasteiger partial charge in [0.25, 0.3) is 0 Å². The molecule has 0 radical (unpaired) electrons. The number of aryl methyl sites for hydroxylation is 1. The first-order valence-electron chi connectivity index (χ1n) is 9.55. The molecule has 1 N–H and O–H groups in total. The zero-order chi connectivity index (χ0) is 21.2. The summed E-state index contributed by atoms with van der Waals surface area (Å²) >= 11 is 0. The number of hydrogen-bond acceptors (Lipinski definition) is 6. The van der Waals surface area contributed by atoms with Gasteiger partial charge in [-0.3, -0.25) is 4.79 Å². The Morgan fingerprint density at radius 1 is 1.00 bits per heavy atom. The molecule has 0 saturated heterocycles. The van der Waals surface area contributed by atoms with E-state index in [0.717, 1.165) is 5.56 Å². The molecule has 0 fully saturated rings. The van der Waals surface area contributed by atoms with Crippen molar-refractivity contribution < 1.29 is 28.6 Å². The van der Waals surface area contributed by atoms with Crippen LogP contribution in [0.25, 0.3) is 0 Å². The zero-order valence-corrected chi connectivity index (χ0v) is 17.4. The molecule has 28 heavy (non-hydrogen) atoms. The normalized spacial score (nSPS) is 12.0. The van der Waals surface area contributed by atoms with Gasteiger partial charge in [0.1, 0.15) is 5.60 Å². The second-order valence-electron chi connectivity index (χ2n) is 7.31. The molecule has 0 aromatic heterocycles. The monoisotopic (exact) mass is 393 g/mol. The molecular weight excluding hydrogens is 362 g/mol. The van der Waals surface area contributed by atoms with Crippen molar-refractivity contribution >= 4 is 18.0 Å². The van der Waals surface area contributed by atoms with Gasteiger partial charge in [-0.25, -0.2) is 9.59 Å². The molecule has 0 spiro atoms. The van der Waals surface area contributed by atoms with Gasteiger partial charge in [0.15, 0.2) is 0 Å². The zero-order valence-electron chi connectivity index (χ0n) is 17.4. The van der Waals surface area contributed by atoms with Crippen molar-refractivity contribution in [1.29, 1.82) is 0 Å². The Balaban J connectivity index is 2.70. The molecular formula is C21H31NO6. The average molecular weight is 393 g/mol. The second kappa shape index (κ2) is 11.3. The van der Waals surface area contributed by atoms with Crippen LogP contribution in [0.15, 0.2) is 24.3 Å². The van der Waals surface area contributed by atoms with Gasteiger partial charge in [0.05, 0.1) is 25.2 Å². The van der Waals surface area contributed by atoms with Crippen molar-refractivity contribution in [3.63, 3.8) is 0 Å². The lowest BCUT2D eigenvalue weighted by molar-refractivity contribution is -0.143. The highest BCUT2D eigenvalue weighted by Gasteiger charge is 2.22. The number of esters is 2. The molecule has 0 bridgehead atoms. The van der Waals surface area contributed by atoms with Gasteiger partial charge in [-0.05, 0) is 65.2 Å². The Labute approximate surface area is 166 Å². The Morgan fingerprint density at radius 2 is 1.61 bits per heavy atom. The van der Waals surface area contributed by atoms with Crippen LogP contribution in [-0.2, 0) is 25.4 Å². The van der Waals surface area contributed by atoms with Gasteiger partial charge in [0, 0.05) is 6.04 Å². The molecule has 7 heteroatoms. The number of nitrogens with one attached hydrogen (secondary N) is 1. The van der Waals surface area contributed by atoms with Crippen molar-refractivity contribution in [2.45, 2.75) is 65.5 Å². The third-order valence-corrected chi connectivity index (χ3v) is 3.69. The van der Waals surface area contributed by atoms with Crippen LogP contribution in [0.3, 0.4) is 0 Å². The average Bonchev–Trinajstić information content (AvgIpc) is 2.59. The molecule has 1 aromatic rings. The number of alkyl carbamates (subject to hydrolysis) is 1. The molecule has 0 aliphatic rings. The first-order chi connectivity index (χ1) is 13.1. The van der Waals surface area contributed by atoms with Crippen molar-refractivity contribution in [2.75, 3.05) is 13.2 Å². The van der Waals surface area contributed by atoms with Crippen LogP contribution in [0.5, 0.6) is 0 Å². The van der Waals surface area contributed by atoms with Crippen molar-refractivity contribution in [3.8, 4) is 0 Å². The topological polar surface area (TPSA) is 90.9 Å². The van der Waals surface area contributed by atoms with Crippen LogP contribution in [0.4, 0.5) is 4.79 Å². The third kappa shape index (κ3) is 9.39. The summed E-state index contributed by atoms with van der Waals surface area (Å²) in [6.45, 7) is 9.43. The molecule has 1 unspecified atom stereocenters. The lowest BCUT2D eigenvalue weighted by Crippen LogP contribution is -2.40. The predicted molar refractivity (Wildman–Crippen MR) is 105 cm³/mol. The summed E-state index contributed by atoms with van der Waals surface area (Å²) in [6.07, 6.45) is 0.632. The Bertz CT molecular complexity index is 648. The molecule has 0 saturated carbocycles. The number of benzene rings is 1.